The molecule has 27 heavy (non-hydrogen) atoms. The number of quaternary nitrogens is 1. The van der Waals surface area contributed by atoms with E-state index in [1.807, 2.05) is 0 Å². The van der Waals surface area contributed by atoms with E-state index in [1.54, 1.807) is 6.07 Å². The van der Waals surface area contributed by atoms with E-state index in [0.29, 0.717) is 0 Å². The summed E-state index contributed by atoms with van der Waals surface area (Å²) in [6.45, 7) is 7.66. The van der Waals surface area contributed by atoms with Gasteiger partial charge in [0.25, 0.3) is 0 Å². The van der Waals surface area contributed by atoms with Gasteiger partial charge in [-0.1, -0.05) is 31.0 Å². The Bertz CT molecular complexity index is 609. The molecule has 0 heterocycles. The predicted molar refractivity (Wildman–Crippen MR) is 109 cm³/mol. The molecule has 154 valence electrons. The van der Waals surface area contributed by atoms with Crippen LogP contribution >= 0.6 is 0 Å². The molecular weight excluding hydrogens is 358 g/mol. The van der Waals surface area contributed by atoms with Crippen molar-refractivity contribution in [1.82, 2.24) is 0 Å². The lowest BCUT2D eigenvalue weighted by Crippen LogP contribution is -2.62. The number of rotatable bonds is 5. The first-order chi connectivity index (χ1) is 12.9. The van der Waals surface area contributed by atoms with Gasteiger partial charge in [-0.15, -0.1) is 0 Å². The first-order valence-corrected chi connectivity index (χ1v) is 12.2. The SMILES string of the molecule is CC[N+](CC)(C1CCCCC1)C1CCCCC1.O=S(=O)([O-])c1ccccc1. The third-order valence-corrected chi connectivity index (χ3v) is 7.66. The summed E-state index contributed by atoms with van der Waals surface area (Å²) in [5.41, 5.74) is 0. The van der Waals surface area contributed by atoms with E-state index >= 15 is 0 Å². The van der Waals surface area contributed by atoms with Gasteiger partial charge in [0.15, 0.2) is 0 Å². The van der Waals surface area contributed by atoms with Crippen LogP contribution in [0.1, 0.15) is 78.1 Å². The zero-order chi connectivity index (χ0) is 19.8. The second-order valence-electron chi connectivity index (χ2n) is 8.09. The van der Waals surface area contributed by atoms with Crippen molar-refractivity contribution < 1.29 is 17.5 Å². The van der Waals surface area contributed by atoms with Gasteiger partial charge in [-0.25, -0.2) is 8.42 Å². The Kier molecular flexibility index (Phi) is 8.77. The quantitative estimate of drug-likeness (QED) is 0.515. The van der Waals surface area contributed by atoms with E-state index in [0.717, 1.165) is 12.1 Å². The lowest BCUT2D eigenvalue weighted by atomic mass is 9.85. The Balaban J connectivity index is 0.000000223. The first kappa shape index (κ1) is 22.4. The summed E-state index contributed by atoms with van der Waals surface area (Å²) in [7, 11) is -4.25. The molecule has 1 aromatic rings. The maximum atomic E-state index is 10.3. The zero-order valence-corrected chi connectivity index (χ0v) is 17.9. The van der Waals surface area contributed by atoms with Gasteiger partial charge in [-0.2, -0.15) is 0 Å². The van der Waals surface area contributed by atoms with Crippen LogP contribution in [0.5, 0.6) is 0 Å². The summed E-state index contributed by atoms with van der Waals surface area (Å²) in [5, 5.41) is 0. The van der Waals surface area contributed by atoms with Crippen molar-refractivity contribution in [2.45, 2.75) is 95.0 Å². The fourth-order valence-electron chi connectivity index (χ4n) is 5.33. The van der Waals surface area contributed by atoms with Crippen LogP contribution in [0, 0.1) is 0 Å². The maximum absolute atomic E-state index is 10.3. The van der Waals surface area contributed by atoms with Gasteiger partial charge < -0.3 is 9.04 Å². The topological polar surface area (TPSA) is 57.2 Å². The highest BCUT2D eigenvalue weighted by atomic mass is 32.2. The Labute approximate surface area is 166 Å². The third kappa shape index (κ3) is 6.03. The van der Waals surface area contributed by atoms with E-state index in [4.69, 9.17) is 0 Å². The maximum Gasteiger partial charge on any atom is 0.124 e. The van der Waals surface area contributed by atoms with E-state index in [2.05, 4.69) is 13.8 Å². The van der Waals surface area contributed by atoms with Crippen molar-refractivity contribution in [3.05, 3.63) is 30.3 Å². The van der Waals surface area contributed by atoms with Crippen molar-refractivity contribution in [1.29, 1.82) is 0 Å². The molecule has 0 aliphatic heterocycles. The molecule has 0 bridgehead atoms. The van der Waals surface area contributed by atoms with Crippen molar-refractivity contribution in [2.24, 2.45) is 0 Å². The summed E-state index contributed by atoms with van der Waals surface area (Å²) in [5.74, 6) is 0. The minimum Gasteiger partial charge on any atom is -0.744 e. The summed E-state index contributed by atoms with van der Waals surface area (Å²) < 4.78 is 32.3. The molecule has 0 aromatic heterocycles. The second kappa shape index (κ2) is 10.6. The third-order valence-electron chi connectivity index (χ3n) is 6.81. The van der Waals surface area contributed by atoms with E-state index in [9.17, 15) is 13.0 Å². The summed E-state index contributed by atoms with van der Waals surface area (Å²) in [6.07, 6.45) is 15.0. The molecule has 0 N–H and O–H groups in total. The van der Waals surface area contributed by atoms with Gasteiger partial charge in [0.05, 0.1) is 30.1 Å². The Morgan fingerprint density at radius 1 is 0.815 bits per heavy atom. The molecule has 2 fully saturated rings. The summed E-state index contributed by atoms with van der Waals surface area (Å²) >= 11 is 0. The van der Waals surface area contributed by atoms with Gasteiger partial charge in [0, 0.05) is 0 Å². The number of nitrogens with zero attached hydrogens (tertiary/aromatic N) is 1. The fraction of sp³-hybridized carbons (Fsp3) is 0.727. The highest BCUT2D eigenvalue weighted by Gasteiger charge is 2.41. The highest BCUT2D eigenvalue weighted by Crippen LogP contribution is 2.36. The minimum atomic E-state index is -4.25. The summed E-state index contributed by atoms with van der Waals surface area (Å²) in [4.78, 5) is -0.185. The molecule has 5 heteroatoms. The molecule has 0 unspecified atom stereocenters. The van der Waals surface area contributed by atoms with Gasteiger partial charge in [-0.05, 0) is 77.3 Å². The molecule has 0 spiro atoms. The second-order valence-corrected chi connectivity index (χ2v) is 9.47. The normalized spacial score (nSPS) is 20.0. The molecule has 4 nitrogen and oxygen atoms in total. The molecular formula is C22H37NO3S. The molecule has 0 amide bonds. The van der Waals surface area contributed by atoms with E-state index in [1.165, 1.54) is 106 Å². The Morgan fingerprint density at radius 2 is 1.22 bits per heavy atom. The van der Waals surface area contributed by atoms with Crippen LogP contribution in [0.15, 0.2) is 35.2 Å². The largest absolute Gasteiger partial charge is 0.744 e. The average molecular weight is 396 g/mol. The Morgan fingerprint density at radius 3 is 1.52 bits per heavy atom. The Hall–Kier alpha value is -0.910. The minimum absolute atomic E-state index is 0.185. The highest BCUT2D eigenvalue weighted by molar-refractivity contribution is 7.85. The van der Waals surface area contributed by atoms with Crippen LogP contribution in [0.4, 0.5) is 0 Å². The van der Waals surface area contributed by atoms with Crippen LogP contribution in [0.3, 0.4) is 0 Å². The number of hydrogen-bond acceptors (Lipinski definition) is 3. The van der Waals surface area contributed by atoms with Crippen molar-refractivity contribution in [2.75, 3.05) is 13.1 Å². The van der Waals surface area contributed by atoms with Gasteiger partial charge in [0.2, 0.25) is 0 Å². The molecule has 0 atom stereocenters. The lowest BCUT2D eigenvalue weighted by Gasteiger charge is -2.51. The predicted octanol–water partition coefficient (Wildman–Crippen LogP) is 5.10. The standard InChI is InChI=1S/C16H32N.C6H6O3S/c1-3-17(4-2,15-11-7-5-8-12-15)16-13-9-6-10-14-16;7-10(8,9)6-4-2-1-3-5-6/h15-16H,3-14H2,1-2H3;1-5H,(H,7,8,9)/q+1;/p-1. The van der Waals surface area contributed by atoms with Gasteiger partial charge >= 0.3 is 0 Å². The smallest absolute Gasteiger partial charge is 0.124 e. The molecule has 0 radical (unpaired) electrons. The lowest BCUT2D eigenvalue weighted by molar-refractivity contribution is -0.972. The molecule has 1 aromatic carbocycles. The number of hydrogen-bond donors (Lipinski definition) is 0. The molecule has 2 saturated carbocycles. The van der Waals surface area contributed by atoms with Crippen molar-refractivity contribution >= 4 is 10.1 Å². The zero-order valence-electron chi connectivity index (χ0n) is 17.1. The molecule has 3 rings (SSSR count). The van der Waals surface area contributed by atoms with Crippen LogP contribution in [-0.4, -0.2) is 42.6 Å². The first-order valence-electron chi connectivity index (χ1n) is 10.8. The van der Waals surface area contributed by atoms with E-state index < -0.39 is 10.1 Å². The fourth-order valence-corrected chi connectivity index (χ4v) is 5.82. The average Bonchev–Trinajstić information content (AvgIpc) is 2.72. The van der Waals surface area contributed by atoms with Crippen LogP contribution in [0.25, 0.3) is 0 Å². The summed E-state index contributed by atoms with van der Waals surface area (Å²) in [6, 6.07) is 9.19. The monoisotopic (exact) mass is 395 g/mol. The van der Waals surface area contributed by atoms with Crippen molar-refractivity contribution in [3.8, 4) is 0 Å². The molecule has 0 saturated heterocycles. The van der Waals surface area contributed by atoms with Gasteiger partial charge in [-0.3, -0.25) is 0 Å². The van der Waals surface area contributed by atoms with Crippen molar-refractivity contribution in [3.63, 3.8) is 0 Å². The van der Waals surface area contributed by atoms with Gasteiger partial charge in [0.1, 0.15) is 10.1 Å². The number of benzene rings is 1. The van der Waals surface area contributed by atoms with Crippen LogP contribution in [0.2, 0.25) is 0 Å². The van der Waals surface area contributed by atoms with Crippen LogP contribution in [-0.2, 0) is 10.1 Å². The van der Waals surface area contributed by atoms with E-state index in [-0.39, 0.29) is 4.90 Å². The van der Waals surface area contributed by atoms with Crippen LogP contribution < -0.4 is 0 Å². The molecule has 2 aliphatic rings. The molecule has 2 aliphatic carbocycles.